The van der Waals surface area contributed by atoms with Crippen molar-refractivity contribution in [3.63, 3.8) is 0 Å². The van der Waals surface area contributed by atoms with Gasteiger partial charge in [0.05, 0.1) is 10.7 Å². The van der Waals surface area contributed by atoms with Gasteiger partial charge in [-0.2, -0.15) is 0 Å². The van der Waals surface area contributed by atoms with Crippen LogP contribution in [-0.4, -0.2) is 40.5 Å². The molecule has 6 nitrogen and oxygen atoms in total. The maximum absolute atomic E-state index is 11.9. The van der Waals surface area contributed by atoms with Crippen molar-refractivity contribution in [1.29, 1.82) is 0 Å². The molecule has 0 bridgehead atoms. The zero-order chi connectivity index (χ0) is 14.3. The summed E-state index contributed by atoms with van der Waals surface area (Å²) in [6.07, 6.45) is 1.34. The third-order valence-corrected chi connectivity index (χ3v) is 5.15. The molecule has 2 aliphatic rings. The summed E-state index contributed by atoms with van der Waals surface area (Å²) >= 11 is 1.73. The number of urea groups is 1. The minimum atomic E-state index is -0.674. The second kappa shape index (κ2) is 4.82. The summed E-state index contributed by atoms with van der Waals surface area (Å²) in [5, 5.41) is 6.21. The van der Waals surface area contributed by atoms with Crippen LogP contribution in [0.4, 0.5) is 4.79 Å². The Hall–Kier alpha value is -1.47. The molecular formula is C13H18N4O2S. The quantitative estimate of drug-likeness (QED) is 0.796. The lowest BCUT2D eigenvalue weighted by Gasteiger charge is -2.36. The summed E-state index contributed by atoms with van der Waals surface area (Å²) in [7, 11) is 0. The van der Waals surface area contributed by atoms with Gasteiger partial charge in [-0.1, -0.05) is 0 Å². The SMILES string of the molecule is Cc1nc(C)c(CN2CCC3(CC2)NC(=O)NC3=O)s1. The van der Waals surface area contributed by atoms with Crippen LogP contribution in [0.2, 0.25) is 0 Å². The number of aryl methyl sites for hydroxylation is 2. The third kappa shape index (κ3) is 2.31. The number of aromatic nitrogens is 1. The Morgan fingerprint density at radius 2 is 2.00 bits per heavy atom. The van der Waals surface area contributed by atoms with Crippen molar-refractivity contribution in [2.24, 2.45) is 0 Å². The molecule has 1 aromatic rings. The summed E-state index contributed by atoms with van der Waals surface area (Å²) in [4.78, 5) is 31.2. The Morgan fingerprint density at radius 3 is 2.50 bits per heavy atom. The molecule has 0 saturated carbocycles. The number of hydrogen-bond donors (Lipinski definition) is 2. The zero-order valence-corrected chi connectivity index (χ0v) is 12.5. The van der Waals surface area contributed by atoms with Gasteiger partial charge in [-0.3, -0.25) is 15.0 Å². The number of nitrogens with one attached hydrogen (secondary N) is 2. The molecule has 0 radical (unpaired) electrons. The lowest BCUT2D eigenvalue weighted by atomic mass is 9.88. The maximum Gasteiger partial charge on any atom is 0.322 e. The number of carbonyl (C=O) groups excluding carboxylic acids is 2. The highest BCUT2D eigenvalue weighted by Crippen LogP contribution is 2.27. The van der Waals surface area contributed by atoms with E-state index in [0.29, 0.717) is 12.8 Å². The van der Waals surface area contributed by atoms with E-state index in [1.807, 2.05) is 13.8 Å². The van der Waals surface area contributed by atoms with Crippen molar-refractivity contribution in [2.75, 3.05) is 13.1 Å². The van der Waals surface area contributed by atoms with E-state index in [4.69, 9.17) is 0 Å². The largest absolute Gasteiger partial charge is 0.323 e. The molecular weight excluding hydrogens is 276 g/mol. The lowest BCUT2D eigenvalue weighted by molar-refractivity contribution is -0.125. The van der Waals surface area contributed by atoms with E-state index in [9.17, 15) is 9.59 Å². The first kappa shape index (κ1) is 13.5. The fourth-order valence-electron chi connectivity index (χ4n) is 2.90. The highest BCUT2D eigenvalue weighted by molar-refractivity contribution is 7.11. The molecule has 2 fully saturated rings. The molecule has 20 heavy (non-hydrogen) atoms. The molecule has 3 heterocycles. The first-order chi connectivity index (χ1) is 9.48. The van der Waals surface area contributed by atoms with Gasteiger partial charge in [0.2, 0.25) is 0 Å². The molecule has 2 saturated heterocycles. The molecule has 7 heteroatoms. The number of amides is 3. The average molecular weight is 294 g/mol. The molecule has 108 valence electrons. The molecule has 0 aliphatic carbocycles. The van der Waals surface area contributed by atoms with Crippen LogP contribution in [0, 0.1) is 13.8 Å². The number of rotatable bonds is 2. The number of carbonyl (C=O) groups is 2. The van der Waals surface area contributed by atoms with E-state index in [1.165, 1.54) is 4.88 Å². The number of nitrogens with zero attached hydrogens (tertiary/aromatic N) is 2. The Morgan fingerprint density at radius 1 is 1.30 bits per heavy atom. The van der Waals surface area contributed by atoms with E-state index in [2.05, 4.69) is 20.5 Å². The fraction of sp³-hybridized carbons (Fsp3) is 0.615. The van der Waals surface area contributed by atoms with Gasteiger partial charge in [0.15, 0.2) is 0 Å². The van der Waals surface area contributed by atoms with Gasteiger partial charge in [-0.15, -0.1) is 11.3 Å². The second-order valence-corrected chi connectivity index (χ2v) is 6.80. The normalized spacial score (nSPS) is 22.1. The van der Waals surface area contributed by atoms with Crippen molar-refractivity contribution >= 4 is 23.3 Å². The van der Waals surface area contributed by atoms with Crippen molar-refractivity contribution in [3.8, 4) is 0 Å². The summed E-state index contributed by atoms with van der Waals surface area (Å²) in [6.45, 7) is 6.55. The van der Waals surface area contributed by atoms with Crippen LogP contribution in [-0.2, 0) is 11.3 Å². The summed E-state index contributed by atoms with van der Waals surface area (Å²) in [5.41, 5.74) is 0.423. The molecule has 2 N–H and O–H groups in total. The Bertz CT molecular complexity index is 561. The summed E-state index contributed by atoms with van der Waals surface area (Å²) in [5.74, 6) is -0.174. The van der Waals surface area contributed by atoms with Gasteiger partial charge in [-0.25, -0.2) is 9.78 Å². The van der Waals surface area contributed by atoms with E-state index in [0.717, 1.165) is 30.3 Å². The van der Waals surface area contributed by atoms with Gasteiger partial charge in [0.1, 0.15) is 5.54 Å². The van der Waals surface area contributed by atoms with Crippen LogP contribution >= 0.6 is 11.3 Å². The molecule has 0 aromatic carbocycles. The Balaban J connectivity index is 1.63. The van der Waals surface area contributed by atoms with Crippen LogP contribution < -0.4 is 10.6 Å². The number of thiazole rings is 1. The van der Waals surface area contributed by atoms with Crippen molar-refractivity contribution in [3.05, 3.63) is 15.6 Å². The first-order valence-corrected chi connectivity index (χ1v) is 7.59. The van der Waals surface area contributed by atoms with Crippen LogP contribution in [0.5, 0.6) is 0 Å². The standard InChI is InChI=1S/C13H18N4O2S/c1-8-10(20-9(2)14-8)7-17-5-3-13(4-6-17)11(18)15-12(19)16-13/h3-7H2,1-2H3,(H2,15,16,18,19). The van der Waals surface area contributed by atoms with E-state index in [1.54, 1.807) is 11.3 Å². The highest BCUT2D eigenvalue weighted by atomic mass is 32.1. The van der Waals surface area contributed by atoms with Gasteiger partial charge < -0.3 is 5.32 Å². The van der Waals surface area contributed by atoms with Crippen LogP contribution in [0.25, 0.3) is 0 Å². The third-order valence-electron chi connectivity index (χ3n) is 4.09. The van der Waals surface area contributed by atoms with Gasteiger partial charge >= 0.3 is 6.03 Å². The summed E-state index contributed by atoms with van der Waals surface area (Å²) in [6, 6.07) is -0.364. The van der Waals surface area contributed by atoms with Gasteiger partial charge in [0, 0.05) is 24.5 Å². The predicted molar refractivity (Wildman–Crippen MR) is 75.5 cm³/mol. The van der Waals surface area contributed by atoms with Crippen molar-refractivity contribution in [2.45, 2.75) is 38.8 Å². The smallest absolute Gasteiger partial charge is 0.322 e. The fourth-order valence-corrected chi connectivity index (χ4v) is 3.88. The van der Waals surface area contributed by atoms with Crippen LogP contribution in [0.15, 0.2) is 0 Å². The van der Waals surface area contributed by atoms with Crippen LogP contribution in [0.1, 0.15) is 28.4 Å². The lowest BCUT2D eigenvalue weighted by Crippen LogP contribution is -2.54. The summed E-state index contributed by atoms with van der Waals surface area (Å²) < 4.78 is 0. The zero-order valence-electron chi connectivity index (χ0n) is 11.7. The predicted octanol–water partition coefficient (Wildman–Crippen LogP) is 0.934. The number of hydrogen-bond acceptors (Lipinski definition) is 5. The molecule has 3 amide bonds. The molecule has 1 aromatic heterocycles. The Kier molecular flexibility index (Phi) is 3.25. The molecule has 0 unspecified atom stereocenters. The number of piperidine rings is 1. The van der Waals surface area contributed by atoms with Gasteiger partial charge in [-0.05, 0) is 26.7 Å². The first-order valence-electron chi connectivity index (χ1n) is 6.77. The number of likely N-dealkylation sites (tertiary alicyclic amines) is 1. The molecule has 3 rings (SSSR count). The molecule has 1 spiro atoms. The maximum atomic E-state index is 11.9. The molecule has 2 aliphatic heterocycles. The van der Waals surface area contributed by atoms with E-state index >= 15 is 0 Å². The minimum absolute atomic E-state index is 0.174. The van der Waals surface area contributed by atoms with Crippen LogP contribution in [0.3, 0.4) is 0 Å². The monoisotopic (exact) mass is 294 g/mol. The van der Waals surface area contributed by atoms with E-state index < -0.39 is 5.54 Å². The van der Waals surface area contributed by atoms with Gasteiger partial charge in [0.25, 0.3) is 5.91 Å². The van der Waals surface area contributed by atoms with E-state index in [-0.39, 0.29) is 11.9 Å². The van der Waals surface area contributed by atoms with Crippen molar-refractivity contribution < 1.29 is 9.59 Å². The minimum Gasteiger partial charge on any atom is -0.323 e. The second-order valence-electron chi connectivity index (χ2n) is 5.51. The average Bonchev–Trinajstić information content (AvgIpc) is 2.83. The van der Waals surface area contributed by atoms with Crippen molar-refractivity contribution in [1.82, 2.24) is 20.5 Å². The Labute approximate surface area is 121 Å². The number of imide groups is 1. The molecule has 0 atom stereocenters. The topological polar surface area (TPSA) is 74.3 Å². The highest BCUT2D eigenvalue weighted by Gasteiger charge is 2.47.